The number of rotatable bonds is 6. The third-order valence-electron chi connectivity index (χ3n) is 2.81. The number of hydrogen-bond donors (Lipinski definition) is 1. The number of carboxylic acids is 1. The first-order chi connectivity index (χ1) is 10.1. The molecule has 0 fully saturated rings. The van der Waals surface area contributed by atoms with Gasteiger partial charge in [-0.2, -0.15) is 0 Å². The van der Waals surface area contributed by atoms with Gasteiger partial charge in [-0.3, -0.25) is 9.59 Å². The number of tetrazole rings is 1. The van der Waals surface area contributed by atoms with Gasteiger partial charge in [0.2, 0.25) is 0 Å². The molecule has 0 atom stereocenters. The van der Waals surface area contributed by atoms with Gasteiger partial charge in [0.15, 0.2) is 0 Å². The summed E-state index contributed by atoms with van der Waals surface area (Å²) < 4.78 is 1.43. The van der Waals surface area contributed by atoms with Crippen LogP contribution in [0.25, 0.3) is 5.69 Å². The fraction of sp³-hybridized carbons (Fsp3) is 0.308. The Morgan fingerprint density at radius 1 is 1.38 bits per heavy atom. The largest absolute Gasteiger partial charge is 0.480 e. The molecule has 0 saturated carbocycles. The number of nitrogens with zero attached hydrogens (tertiary/aromatic N) is 5. The van der Waals surface area contributed by atoms with E-state index in [2.05, 4.69) is 15.5 Å². The van der Waals surface area contributed by atoms with E-state index in [1.807, 2.05) is 6.92 Å². The van der Waals surface area contributed by atoms with Crippen LogP contribution in [0.1, 0.15) is 23.7 Å². The summed E-state index contributed by atoms with van der Waals surface area (Å²) in [4.78, 5) is 24.5. The lowest BCUT2D eigenvalue weighted by Crippen LogP contribution is -2.36. The van der Waals surface area contributed by atoms with Crippen molar-refractivity contribution < 1.29 is 14.7 Å². The predicted octanol–water partition coefficient (Wildman–Crippen LogP) is 0.599. The number of amides is 1. The number of hydrogen-bond acceptors (Lipinski definition) is 5. The summed E-state index contributed by atoms with van der Waals surface area (Å²) in [7, 11) is 0. The van der Waals surface area contributed by atoms with Crippen molar-refractivity contribution in [3.8, 4) is 5.69 Å². The normalized spacial score (nSPS) is 10.3. The Morgan fingerprint density at radius 3 is 2.81 bits per heavy atom. The molecule has 0 unspecified atom stereocenters. The van der Waals surface area contributed by atoms with E-state index in [-0.39, 0.29) is 12.5 Å². The molecule has 0 radical (unpaired) electrons. The third kappa shape index (κ3) is 3.62. The molecule has 21 heavy (non-hydrogen) atoms. The van der Waals surface area contributed by atoms with Crippen LogP contribution in [0.2, 0.25) is 0 Å². The van der Waals surface area contributed by atoms with Crippen LogP contribution in [0, 0.1) is 0 Å². The molecule has 0 saturated heterocycles. The highest BCUT2D eigenvalue weighted by Gasteiger charge is 2.18. The lowest BCUT2D eigenvalue weighted by molar-refractivity contribution is -0.137. The summed E-state index contributed by atoms with van der Waals surface area (Å²) in [6.07, 6.45) is 2.11. The van der Waals surface area contributed by atoms with E-state index < -0.39 is 5.97 Å². The molecule has 110 valence electrons. The van der Waals surface area contributed by atoms with Crippen molar-refractivity contribution >= 4 is 11.9 Å². The zero-order valence-corrected chi connectivity index (χ0v) is 11.5. The smallest absolute Gasteiger partial charge is 0.323 e. The molecular weight excluding hydrogens is 274 g/mol. The van der Waals surface area contributed by atoms with Crippen LogP contribution in [0.5, 0.6) is 0 Å². The number of aliphatic carboxylic acids is 1. The van der Waals surface area contributed by atoms with Crippen molar-refractivity contribution in [2.75, 3.05) is 13.1 Å². The molecule has 8 nitrogen and oxygen atoms in total. The van der Waals surface area contributed by atoms with Crippen LogP contribution in [-0.4, -0.2) is 55.2 Å². The van der Waals surface area contributed by atoms with Gasteiger partial charge in [-0.25, -0.2) is 4.68 Å². The van der Waals surface area contributed by atoms with Crippen molar-refractivity contribution in [2.45, 2.75) is 13.3 Å². The molecule has 8 heteroatoms. The van der Waals surface area contributed by atoms with Gasteiger partial charge in [-0.05, 0) is 35.0 Å². The van der Waals surface area contributed by atoms with Gasteiger partial charge < -0.3 is 10.0 Å². The lowest BCUT2D eigenvalue weighted by Gasteiger charge is -2.20. The molecule has 0 bridgehead atoms. The zero-order chi connectivity index (χ0) is 15.2. The fourth-order valence-corrected chi connectivity index (χ4v) is 1.93. The second kappa shape index (κ2) is 6.60. The SMILES string of the molecule is CCCN(CC(=O)O)C(=O)c1cccc(-n2cnnn2)c1. The standard InChI is InChI=1S/C13H15N5O3/c1-2-6-17(8-12(19)20)13(21)10-4-3-5-11(7-10)18-9-14-15-16-18/h3-5,7,9H,2,6,8H2,1H3,(H,19,20). The highest BCUT2D eigenvalue weighted by Crippen LogP contribution is 2.11. The second-order valence-electron chi connectivity index (χ2n) is 4.43. The molecule has 0 spiro atoms. The highest BCUT2D eigenvalue weighted by atomic mass is 16.4. The quantitative estimate of drug-likeness (QED) is 0.835. The molecular formula is C13H15N5O3. The number of benzene rings is 1. The molecule has 1 heterocycles. The van der Waals surface area contributed by atoms with Crippen LogP contribution < -0.4 is 0 Å². The number of carboxylic acid groups (broad SMARTS) is 1. The van der Waals surface area contributed by atoms with Crippen molar-refractivity contribution in [3.63, 3.8) is 0 Å². The maximum absolute atomic E-state index is 12.4. The first-order valence-corrected chi connectivity index (χ1v) is 6.46. The Morgan fingerprint density at radius 2 is 2.19 bits per heavy atom. The fourth-order valence-electron chi connectivity index (χ4n) is 1.93. The van der Waals surface area contributed by atoms with Crippen LogP contribution in [0.3, 0.4) is 0 Å². The minimum atomic E-state index is -1.03. The molecule has 1 amide bonds. The van der Waals surface area contributed by atoms with Crippen LogP contribution in [0.15, 0.2) is 30.6 Å². The average molecular weight is 289 g/mol. The maximum atomic E-state index is 12.4. The van der Waals surface area contributed by atoms with Crippen LogP contribution in [0.4, 0.5) is 0 Å². The van der Waals surface area contributed by atoms with E-state index >= 15 is 0 Å². The summed E-state index contributed by atoms with van der Waals surface area (Å²) in [5.41, 5.74) is 1.04. The summed E-state index contributed by atoms with van der Waals surface area (Å²) in [6.45, 7) is 1.96. The average Bonchev–Trinajstić information content (AvgIpc) is 3.00. The first kappa shape index (κ1) is 14.6. The molecule has 0 aliphatic rings. The van der Waals surface area contributed by atoms with E-state index in [0.29, 0.717) is 24.2 Å². The first-order valence-electron chi connectivity index (χ1n) is 6.46. The summed E-state index contributed by atoms with van der Waals surface area (Å²) in [6, 6.07) is 6.73. The Balaban J connectivity index is 2.25. The van der Waals surface area contributed by atoms with Gasteiger partial charge in [-0.15, -0.1) is 5.10 Å². The Bertz CT molecular complexity index is 626. The molecule has 2 rings (SSSR count). The maximum Gasteiger partial charge on any atom is 0.323 e. The van der Waals surface area contributed by atoms with Crippen molar-refractivity contribution in [3.05, 3.63) is 36.2 Å². The molecule has 1 N–H and O–H groups in total. The summed E-state index contributed by atoms with van der Waals surface area (Å²) in [5, 5.41) is 19.7. The Labute approximate surface area is 121 Å². The zero-order valence-electron chi connectivity index (χ0n) is 11.5. The molecule has 0 aliphatic heterocycles. The molecule has 2 aromatic rings. The van der Waals surface area contributed by atoms with Crippen molar-refractivity contribution in [1.29, 1.82) is 0 Å². The van der Waals surface area contributed by atoms with Gasteiger partial charge in [0.25, 0.3) is 5.91 Å². The van der Waals surface area contributed by atoms with E-state index in [0.717, 1.165) is 0 Å². The lowest BCUT2D eigenvalue weighted by atomic mass is 10.1. The predicted molar refractivity (Wildman–Crippen MR) is 73.0 cm³/mol. The molecule has 1 aromatic carbocycles. The minimum absolute atomic E-state index is 0.318. The minimum Gasteiger partial charge on any atom is -0.480 e. The third-order valence-corrected chi connectivity index (χ3v) is 2.81. The highest BCUT2D eigenvalue weighted by molar-refractivity contribution is 5.96. The molecule has 0 aliphatic carbocycles. The van der Waals surface area contributed by atoms with E-state index in [1.165, 1.54) is 15.9 Å². The summed E-state index contributed by atoms with van der Waals surface area (Å²) in [5.74, 6) is -1.36. The number of carbonyl (C=O) groups excluding carboxylic acids is 1. The van der Waals surface area contributed by atoms with Crippen molar-refractivity contribution in [1.82, 2.24) is 25.1 Å². The van der Waals surface area contributed by atoms with Gasteiger partial charge in [-0.1, -0.05) is 13.0 Å². The van der Waals surface area contributed by atoms with E-state index in [1.54, 1.807) is 24.3 Å². The number of carbonyl (C=O) groups is 2. The second-order valence-corrected chi connectivity index (χ2v) is 4.43. The number of aromatic nitrogens is 4. The van der Waals surface area contributed by atoms with E-state index in [4.69, 9.17) is 5.11 Å². The van der Waals surface area contributed by atoms with Crippen molar-refractivity contribution in [2.24, 2.45) is 0 Å². The van der Waals surface area contributed by atoms with Gasteiger partial charge in [0.1, 0.15) is 12.9 Å². The van der Waals surface area contributed by atoms with Crippen LogP contribution >= 0.6 is 0 Å². The van der Waals surface area contributed by atoms with Crippen LogP contribution in [-0.2, 0) is 4.79 Å². The Kier molecular flexibility index (Phi) is 4.60. The van der Waals surface area contributed by atoms with E-state index in [9.17, 15) is 9.59 Å². The van der Waals surface area contributed by atoms with Gasteiger partial charge in [0, 0.05) is 12.1 Å². The topological polar surface area (TPSA) is 101 Å². The van der Waals surface area contributed by atoms with Gasteiger partial charge >= 0.3 is 5.97 Å². The Hall–Kier alpha value is -2.77. The molecule has 1 aromatic heterocycles. The monoisotopic (exact) mass is 289 g/mol. The summed E-state index contributed by atoms with van der Waals surface area (Å²) >= 11 is 0. The van der Waals surface area contributed by atoms with Gasteiger partial charge in [0.05, 0.1) is 5.69 Å².